The van der Waals surface area contributed by atoms with Gasteiger partial charge in [-0.1, -0.05) is 0 Å². The van der Waals surface area contributed by atoms with Crippen LogP contribution in [0, 0.1) is 0 Å². The van der Waals surface area contributed by atoms with Crippen LogP contribution in [0.4, 0.5) is 0 Å². The summed E-state index contributed by atoms with van der Waals surface area (Å²) in [6.45, 7) is 2.79. The molecule has 16 heavy (non-hydrogen) atoms. The minimum Gasteiger partial charge on any atom is -0.297 e. The van der Waals surface area contributed by atoms with Gasteiger partial charge in [-0.25, -0.2) is 4.57 Å². The molecule has 0 fully saturated rings. The Morgan fingerprint density at radius 3 is 2.00 bits per heavy atom. The number of Topliss-reactive ketones (excluding diaryl/α,β-unsaturated/α-hetero) is 1. The minimum atomic E-state index is -3.75. The third-order valence-corrected chi connectivity index (χ3v) is 3.39. The summed E-state index contributed by atoms with van der Waals surface area (Å²) in [5.41, 5.74) is 0. The quantitative estimate of drug-likeness (QED) is 0.483. The van der Waals surface area contributed by atoms with Crippen molar-refractivity contribution in [3.63, 3.8) is 0 Å². The molecule has 96 valence electrons. The zero-order chi connectivity index (χ0) is 12.6. The number of halogens is 2. The Hall–Kier alpha value is 0.360. The summed E-state index contributed by atoms with van der Waals surface area (Å²) in [5.74, 6) is 0.0158. The molecule has 0 aliphatic carbocycles. The third-order valence-electron chi connectivity index (χ3n) is 1.51. The largest absolute Gasteiger partial charge is 0.475 e. The molecule has 0 aromatic heterocycles. The van der Waals surface area contributed by atoms with Gasteiger partial charge in [0.05, 0.1) is 13.2 Å². The SMILES string of the molecule is CC(=O)C(C)OP(=O)(OCCCl)OCCCl. The second-order valence-corrected chi connectivity index (χ2v) is 5.23. The Morgan fingerprint density at radius 2 is 1.69 bits per heavy atom. The van der Waals surface area contributed by atoms with Crippen LogP contribution in [0.1, 0.15) is 13.8 Å². The maximum absolute atomic E-state index is 11.9. The first kappa shape index (κ1) is 16.4. The molecule has 0 aliphatic rings. The predicted molar refractivity (Wildman–Crippen MR) is 62.2 cm³/mol. The number of rotatable bonds is 9. The van der Waals surface area contributed by atoms with E-state index in [1.807, 2.05) is 0 Å². The van der Waals surface area contributed by atoms with Crippen molar-refractivity contribution < 1.29 is 22.9 Å². The van der Waals surface area contributed by atoms with Crippen LogP contribution in [0.2, 0.25) is 0 Å². The lowest BCUT2D eigenvalue weighted by Crippen LogP contribution is -2.18. The number of alkyl halides is 2. The molecule has 0 heterocycles. The first-order valence-corrected chi connectivity index (χ1v) is 7.18. The van der Waals surface area contributed by atoms with Crippen LogP contribution < -0.4 is 0 Å². The molecule has 0 bridgehead atoms. The molecule has 1 unspecified atom stereocenters. The van der Waals surface area contributed by atoms with Gasteiger partial charge in [-0.05, 0) is 13.8 Å². The van der Waals surface area contributed by atoms with Crippen LogP contribution in [0.25, 0.3) is 0 Å². The highest BCUT2D eigenvalue weighted by molar-refractivity contribution is 7.48. The van der Waals surface area contributed by atoms with E-state index in [0.29, 0.717) is 0 Å². The molecule has 5 nitrogen and oxygen atoms in total. The van der Waals surface area contributed by atoms with Crippen molar-refractivity contribution >= 4 is 36.8 Å². The average Bonchev–Trinajstić information content (AvgIpc) is 2.23. The highest BCUT2D eigenvalue weighted by atomic mass is 35.5. The van der Waals surface area contributed by atoms with Gasteiger partial charge in [-0.15, -0.1) is 23.2 Å². The Morgan fingerprint density at radius 1 is 1.25 bits per heavy atom. The average molecular weight is 293 g/mol. The van der Waals surface area contributed by atoms with Crippen LogP contribution in [0.15, 0.2) is 0 Å². The van der Waals surface area contributed by atoms with E-state index in [-0.39, 0.29) is 30.8 Å². The Labute approximate surface area is 105 Å². The van der Waals surface area contributed by atoms with Crippen LogP contribution >= 0.6 is 31.0 Å². The first-order chi connectivity index (χ1) is 7.45. The smallest absolute Gasteiger partial charge is 0.297 e. The van der Waals surface area contributed by atoms with E-state index in [0.717, 1.165) is 0 Å². The van der Waals surface area contributed by atoms with Gasteiger partial charge in [0.1, 0.15) is 6.10 Å². The summed E-state index contributed by atoms with van der Waals surface area (Å²) in [6.07, 6.45) is -0.864. The van der Waals surface area contributed by atoms with E-state index in [2.05, 4.69) is 0 Å². The number of ketones is 1. The molecule has 0 saturated heterocycles. The van der Waals surface area contributed by atoms with Gasteiger partial charge in [0.2, 0.25) is 0 Å². The summed E-state index contributed by atoms with van der Waals surface area (Å²) < 4.78 is 26.6. The molecule has 0 aromatic carbocycles. The highest BCUT2D eigenvalue weighted by Crippen LogP contribution is 2.50. The molecular formula is C8H15Cl2O5P. The molecule has 1 atom stereocenters. The standard InChI is InChI=1S/C8H15Cl2O5P/c1-7(11)8(2)15-16(12,13-5-3-9)14-6-4-10/h8H,3-6H2,1-2H3. The molecular weight excluding hydrogens is 278 g/mol. The minimum absolute atomic E-state index is 0.00570. The molecule has 8 heteroatoms. The Balaban J connectivity index is 4.39. The van der Waals surface area contributed by atoms with Crippen LogP contribution in [0.5, 0.6) is 0 Å². The summed E-state index contributed by atoms with van der Waals surface area (Å²) in [6, 6.07) is 0. The van der Waals surface area contributed by atoms with E-state index in [1.165, 1.54) is 13.8 Å². The Kier molecular flexibility index (Phi) is 8.64. The van der Waals surface area contributed by atoms with Crippen molar-refractivity contribution in [1.29, 1.82) is 0 Å². The maximum Gasteiger partial charge on any atom is 0.475 e. The van der Waals surface area contributed by atoms with Crippen molar-refractivity contribution in [1.82, 2.24) is 0 Å². The van der Waals surface area contributed by atoms with Crippen molar-refractivity contribution in [3.8, 4) is 0 Å². The van der Waals surface area contributed by atoms with Gasteiger partial charge in [-0.3, -0.25) is 18.4 Å². The monoisotopic (exact) mass is 292 g/mol. The lowest BCUT2D eigenvalue weighted by atomic mass is 10.3. The number of phosphoric acid groups is 1. The van der Waals surface area contributed by atoms with Crippen LogP contribution in [-0.4, -0.2) is 36.9 Å². The summed E-state index contributed by atoms with van der Waals surface area (Å²) in [4.78, 5) is 11.0. The molecule has 0 N–H and O–H groups in total. The van der Waals surface area contributed by atoms with Crippen molar-refractivity contribution in [2.24, 2.45) is 0 Å². The van der Waals surface area contributed by atoms with Gasteiger partial charge < -0.3 is 0 Å². The predicted octanol–water partition coefficient (Wildman–Crippen LogP) is 2.60. The van der Waals surface area contributed by atoms with E-state index >= 15 is 0 Å². The molecule has 0 aliphatic heterocycles. The Bertz CT molecular complexity index is 249. The number of carbonyl (C=O) groups is 1. The van der Waals surface area contributed by atoms with E-state index in [9.17, 15) is 9.36 Å². The fourth-order valence-electron chi connectivity index (χ4n) is 0.659. The fraction of sp³-hybridized carbons (Fsp3) is 0.875. The van der Waals surface area contributed by atoms with Gasteiger partial charge >= 0.3 is 7.82 Å². The van der Waals surface area contributed by atoms with Gasteiger partial charge in [0, 0.05) is 11.8 Å². The van der Waals surface area contributed by atoms with Crippen molar-refractivity contribution in [2.45, 2.75) is 20.0 Å². The normalized spacial score (nSPS) is 13.8. The highest BCUT2D eigenvalue weighted by Gasteiger charge is 2.30. The molecule has 0 aromatic rings. The van der Waals surface area contributed by atoms with E-state index in [1.54, 1.807) is 0 Å². The molecule has 0 rings (SSSR count). The van der Waals surface area contributed by atoms with E-state index in [4.69, 9.17) is 36.8 Å². The van der Waals surface area contributed by atoms with Crippen LogP contribution in [0.3, 0.4) is 0 Å². The third kappa shape index (κ3) is 6.84. The number of carbonyl (C=O) groups excluding carboxylic acids is 1. The zero-order valence-corrected chi connectivity index (χ0v) is 11.6. The molecule has 0 radical (unpaired) electrons. The number of hydrogen-bond acceptors (Lipinski definition) is 5. The van der Waals surface area contributed by atoms with Crippen LogP contribution in [-0.2, 0) is 22.9 Å². The second kappa shape index (κ2) is 8.45. The lowest BCUT2D eigenvalue weighted by molar-refractivity contribution is -0.123. The van der Waals surface area contributed by atoms with E-state index < -0.39 is 13.9 Å². The summed E-state index contributed by atoms with van der Waals surface area (Å²) in [7, 11) is -3.75. The molecule has 0 spiro atoms. The lowest BCUT2D eigenvalue weighted by Gasteiger charge is -2.19. The van der Waals surface area contributed by atoms with Crippen molar-refractivity contribution in [2.75, 3.05) is 25.0 Å². The summed E-state index contributed by atoms with van der Waals surface area (Å²) in [5, 5.41) is 0. The molecule has 0 amide bonds. The van der Waals surface area contributed by atoms with Gasteiger partial charge in [0.25, 0.3) is 0 Å². The topological polar surface area (TPSA) is 61.8 Å². The maximum atomic E-state index is 11.9. The number of phosphoric ester groups is 1. The summed E-state index contributed by atoms with van der Waals surface area (Å²) >= 11 is 10.8. The van der Waals surface area contributed by atoms with Crippen molar-refractivity contribution in [3.05, 3.63) is 0 Å². The second-order valence-electron chi connectivity index (χ2n) is 2.85. The van der Waals surface area contributed by atoms with Gasteiger partial charge in [0.15, 0.2) is 5.78 Å². The van der Waals surface area contributed by atoms with Gasteiger partial charge in [-0.2, -0.15) is 0 Å². The molecule has 0 saturated carbocycles. The zero-order valence-electron chi connectivity index (χ0n) is 9.15. The fourth-order valence-corrected chi connectivity index (χ4v) is 2.39. The number of hydrogen-bond donors (Lipinski definition) is 0. The first-order valence-electron chi connectivity index (χ1n) is 4.65.